The molecule has 1 N–H and O–H groups in total. The lowest BCUT2D eigenvalue weighted by molar-refractivity contribution is 0.0932. The minimum Gasteiger partial charge on any atom is -0.349 e. The maximum Gasteiger partial charge on any atom is 0.252 e. The van der Waals surface area contributed by atoms with Crippen LogP contribution in [0.4, 0.5) is 0 Å². The number of nitrogens with zero attached hydrogens (tertiary/aromatic N) is 1. The number of amides is 1. The smallest absolute Gasteiger partial charge is 0.252 e. The fourth-order valence-electron chi connectivity index (χ4n) is 2.00. The lowest BCUT2D eigenvalue weighted by Crippen LogP contribution is -2.34. The SMILES string of the molecule is CCC(CC)NC(=O)c1ccccc1SCc1cscn1. The van der Waals surface area contributed by atoms with Crippen LogP contribution in [-0.4, -0.2) is 16.9 Å². The molecule has 0 unspecified atom stereocenters. The van der Waals surface area contributed by atoms with E-state index < -0.39 is 0 Å². The number of nitrogens with one attached hydrogen (secondary N) is 1. The number of carbonyl (C=O) groups is 1. The third kappa shape index (κ3) is 4.58. The summed E-state index contributed by atoms with van der Waals surface area (Å²) in [5.74, 6) is 0.809. The molecule has 21 heavy (non-hydrogen) atoms. The Labute approximate surface area is 134 Å². The molecule has 1 heterocycles. The molecule has 0 saturated carbocycles. The standard InChI is InChI=1S/C16H20N2OS2/c1-3-12(4-2)18-16(19)14-7-5-6-8-15(14)21-10-13-9-20-11-17-13/h5-9,11-12H,3-4,10H2,1-2H3,(H,18,19). The van der Waals surface area contributed by atoms with Crippen molar-refractivity contribution < 1.29 is 4.79 Å². The Morgan fingerprint density at radius 1 is 1.33 bits per heavy atom. The van der Waals surface area contributed by atoms with E-state index in [1.54, 1.807) is 23.1 Å². The number of hydrogen-bond acceptors (Lipinski definition) is 4. The molecule has 2 aromatic rings. The normalized spacial score (nSPS) is 10.8. The number of thiazole rings is 1. The van der Waals surface area contributed by atoms with Crippen LogP contribution in [0.5, 0.6) is 0 Å². The zero-order valence-corrected chi connectivity index (χ0v) is 14.0. The Morgan fingerprint density at radius 3 is 2.76 bits per heavy atom. The molecule has 0 atom stereocenters. The topological polar surface area (TPSA) is 42.0 Å². The minimum absolute atomic E-state index is 0.0186. The number of aromatic nitrogens is 1. The van der Waals surface area contributed by atoms with Gasteiger partial charge in [0.1, 0.15) is 0 Å². The van der Waals surface area contributed by atoms with E-state index in [0.717, 1.165) is 34.7 Å². The molecule has 0 aliphatic heterocycles. The Bertz CT molecular complexity index is 565. The molecule has 3 nitrogen and oxygen atoms in total. The van der Waals surface area contributed by atoms with Crippen molar-refractivity contribution in [3.05, 3.63) is 46.4 Å². The first-order valence-corrected chi connectivity index (χ1v) is 9.07. The third-order valence-corrected chi connectivity index (χ3v) is 5.05. The summed E-state index contributed by atoms with van der Waals surface area (Å²) >= 11 is 3.25. The van der Waals surface area contributed by atoms with Gasteiger partial charge in [-0.3, -0.25) is 4.79 Å². The summed E-state index contributed by atoms with van der Waals surface area (Å²) in [5, 5.41) is 5.14. The van der Waals surface area contributed by atoms with Crippen molar-refractivity contribution in [3.8, 4) is 0 Å². The van der Waals surface area contributed by atoms with Crippen molar-refractivity contribution in [1.29, 1.82) is 0 Å². The van der Waals surface area contributed by atoms with Gasteiger partial charge in [0.05, 0.1) is 16.8 Å². The van der Waals surface area contributed by atoms with Crippen molar-refractivity contribution in [2.24, 2.45) is 0 Å². The zero-order valence-electron chi connectivity index (χ0n) is 12.3. The number of benzene rings is 1. The van der Waals surface area contributed by atoms with Gasteiger partial charge in [0, 0.05) is 22.1 Å². The van der Waals surface area contributed by atoms with Gasteiger partial charge in [-0.1, -0.05) is 26.0 Å². The Balaban J connectivity index is 2.07. The van der Waals surface area contributed by atoms with Crippen LogP contribution in [0.1, 0.15) is 42.7 Å². The first-order valence-electron chi connectivity index (χ1n) is 7.14. The summed E-state index contributed by atoms with van der Waals surface area (Å²) in [6.45, 7) is 4.19. The van der Waals surface area contributed by atoms with Crippen LogP contribution in [0.25, 0.3) is 0 Å². The van der Waals surface area contributed by atoms with E-state index in [9.17, 15) is 4.79 Å². The van der Waals surface area contributed by atoms with E-state index in [4.69, 9.17) is 0 Å². The molecule has 2 rings (SSSR count). The van der Waals surface area contributed by atoms with Crippen LogP contribution in [0, 0.1) is 0 Å². The van der Waals surface area contributed by atoms with Gasteiger partial charge in [0.15, 0.2) is 0 Å². The van der Waals surface area contributed by atoms with Gasteiger partial charge in [0.2, 0.25) is 0 Å². The van der Waals surface area contributed by atoms with Crippen LogP contribution in [0.2, 0.25) is 0 Å². The van der Waals surface area contributed by atoms with Gasteiger partial charge in [0.25, 0.3) is 5.91 Å². The summed E-state index contributed by atoms with van der Waals surface area (Å²) in [4.78, 5) is 17.7. The molecule has 0 bridgehead atoms. The van der Waals surface area contributed by atoms with E-state index in [-0.39, 0.29) is 11.9 Å². The largest absolute Gasteiger partial charge is 0.349 e. The summed E-state index contributed by atoms with van der Waals surface area (Å²) < 4.78 is 0. The quantitative estimate of drug-likeness (QED) is 0.771. The maximum atomic E-state index is 12.4. The molecule has 112 valence electrons. The predicted octanol–water partition coefficient (Wildman–Crippen LogP) is 4.35. The van der Waals surface area contributed by atoms with Crippen molar-refractivity contribution in [2.45, 2.75) is 43.4 Å². The molecular formula is C16H20N2OS2. The number of carbonyl (C=O) groups excluding carboxylic acids is 1. The first kappa shape index (κ1) is 16.0. The number of hydrogen-bond donors (Lipinski definition) is 1. The van der Waals surface area contributed by atoms with Crippen molar-refractivity contribution in [2.75, 3.05) is 0 Å². The van der Waals surface area contributed by atoms with Crippen LogP contribution in [-0.2, 0) is 5.75 Å². The molecule has 0 saturated heterocycles. The summed E-state index contributed by atoms with van der Waals surface area (Å²) in [6, 6.07) is 8.01. The second kappa shape index (κ2) is 8.20. The first-order chi connectivity index (χ1) is 10.2. The van der Waals surface area contributed by atoms with Crippen LogP contribution >= 0.6 is 23.1 Å². The highest BCUT2D eigenvalue weighted by atomic mass is 32.2. The van der Waals surface area contributed by atoms with E-state index in [1.807, 2.05) is 35.2 Å². The van der Waals surface area contributed by atoms with Crippen LogP contribution in [0.15, 0.2) is 40.1 Å². The molecule has 0 fully saturated rings. The lowest BCUT2D eigenvalue weighted by Gasteiger charge is -2.16. The second-order valence-corrected chi connectivity index (χ2v) is 6.49. The highest BCUT2D eigenvalue weighted by Gasteiger charge is 2.14. The summed E-state index contributed by atoms with van der Waals surface area (Å²) in [5.41, 5.74) is 3.64. The fourth-order valence-corrected chi connectivity index (χ4v) is 3.61. The number of rotatable bonds is 7. The Morgan fingerprint density at radius 2 is 2.10 bits per heavy atom. The van der Waals surface area contributed by atoms with Gasteiger partial charge in [-0.05, 0) is 25.0 Å². The average molecular weight is 320 g/mol. The third-order valence-electron chi connectivity index (χ3n) is 3.31. The van der Waals surface area contributed by atoms with Crippen molar-refractivity contribution in [3.63, 3.8) is 0 Å². The maximum absolute atomic E-state index is 12.4. The van der Waals surface area contributed by atoms with E-state index in [2.05, 4.69) is 24.1 Å². The summed E-state index contributed by atoms with van der Waals surface area (Å²) in [6.07, 6.45) is 1.91. The molecular weight excluding hydrogens is 300 g/mol. The average Bonchev–Trinajstić information content (AvgIpc) is 3.04. The van der Waals surface area contributed by atoms with Gasteiger partial charge < -0.3 is 5.32 Å². The lowest BCUT2D eigenvalue weighted by atomic mass is 10.1. The van der Waals surface area contributed by atoms with Crippen LogP contribution < -0.4 is 5.32 Å². The van der Waals surface area contributed by atoms with Gasteiger partial charge in [-0.2, -0.15) is 0 Å². The van der Waals surface area contributed by atoms with Gasteiger partial charge in [-0.25, -0.2) is 4.98 Å². The molecule has 1 aromatic heterocycles. The molecule has 1 amide bonds. The monoisotopic (exact) mass is 320 g/mol. The Kier molecular flexibility index (Phi) is 6.26. The van der Waals surface area contributed by atoms with Crippen molar-refractivity contribution in [1.82, 2.24) is 10.3 Å². The second-order valence-electron chi connectivity index (χ2n) is 4.75. The fraction of sp³-hybridized carbons (Fsp3) is 0.375. The Hall–Kier alpha value is -1.33. The molecule has 1 aromatic carbocycles. The van der Waals surface area contributed by atoms with Crippen LogP contribution in [0.3, 0.4) is 0 Å². The summed E-state index contributed by atoms with van der Waals surface area (Å²) in [7, 11) is 0. The number of thioether (sulfide) groups is 1. The molecule has 0 spiro atoms. The van der Waals surface area contributed by atoms with E-state index >= 15 is 0 Å². The van der Waals surface area contributed by atoms with E-state index in [1.165, 1.54) is 0 Å². The molecule has 0 aliphatic carbocycles. The van der Waals surface area contributed by atoms with Crippen molar-refractivity contribution >= 4 is 29.0 Å². The van der Waals surface area contributed by atoms with Gasteiger partial charge >= 0.3 is 0 Å². The predicted molar refractivity (Wildman–Crippen MR) is 90.0 cm³/mol. The molecule has 0 aliphatic rings. The minimum atomic E-state index is 0.0186. The zero-order chi connectivity index (χ0) is 15.1. The molecule has 5 heteroatoms. The highest BCUT2D eigenvalue weighted by Crippen LogP contribution is 2.26. The molecule has 0 radical (unpaired) electrons. The van der Waals surface area contributed by atoms with E-state index in [0.29, 0.717) is 0 Å². The highest BCUT2D eigenvalue weighted by molar-refractivity contribution is 7.98. The van der Waals surface area contributed by atoms with Gasteiger partial charge in [-0.15, -0.1) is 23.1 Å².